The summed E-state index contributed by atoms with van der Waals surface area (Å²) in [5.41, 5.74) is 4.53. The zero-order chi connectivity index (χ0) is 24.1. The number of fused-ring (bicyclic) bond motifs is 5. The summed E-state index contributed by atoms with van der Waals surface area (Å²) in [5.74, 6) is 1.01. The maximum Gasteiger partial charge on any atom is 0.200 e. The van der Waals surface area contributed by atoms with Gasteiger partial charge in [-0.3, -0.25) is 4.90 Å². The van der Waals surface area contributed by atoms with Gasteiger partial charge >= 0.3 is 0 Å². The summed E-state index contributed by atoms with van der Waals surface area (Å²) in [6.45, 7) is 2.96. The molecular formula is C31H28BrN3O. The molecule has 0 bridgehead atoms. The van der Waals surface area contributed by atoms with Gasteiger partial charge in [-0.15, -0.1) is 0 Å². The Bertz CT molecular complexity index is 1460. The van der Waals surface area contributed by atoms with E-state index in [0.717, 1.165) is 54.8 Å². The summed E-state index contributed by atoms with van der Waals surface area (Å²) in [6, 6.07) is 32.6. The van der Waals surface area contributed by atoms with Gasteiger partial charge in [-0.05, 0) is 46.2 Å². The molecule has 7 rings (SSSR count). The van der Waals surface area contributed by atoms with Gasteiger partial charge in [-0.1, -0.05) is 82.7 Å². The highest BCUT2D eigenvalue weighted by atomic mass is 79.9. The van der Waals surface area contributed by atoms with Crippen LogP contribution in [-0.2, 0) is 6.54 Å². The molecule has 180 valence electrons. The van der Waals surface area contributed by atoms with Gasteiger partial charge in [0.05, 0.1) is 11.8 Å². The first-order valence-electron chi connectivity index (χ1n) is 12.8. The predicted octanol–water partition coefficient (Wildman–Crippen LogP) is 7.14. The lowest BCUT2D eigenvalue weighted by Crippen LogP contribution is -2.59. The Morgan fingerprint density at radius 1 is 0.861 bits per heavy atom. The van der Waals surface area contributed by atoms with Crippen LogP contribution in [0.3, 0.4) is 0 Å². The number of ether oxygens (including phenoxy) is 1. The molecule has 4 aromatic carbocycles. The molecule has 1 saturated heterocycles. The maximum absolute atomic E-state index is 6.85. The molecule has 0 radical (unpaired) electrons. The van der Waals surface area contributed by atoms with Gasteiger partial charge in [0.25, 0.3) is 0 Å². The van der Waals surface area contributed by atoms with E-state index >= 15 is 0 Å². The van der Waals surface area contributed by atoms with E-state index in [9.17, 15) is 0 Å². The second-order valence-electron chi connectivity index (χ2n) is 10.2. The molecule has 3 aliphatic heterocycles. The number of benzene rings is 4. The molecule has 5 heteroatoms. The van der Waals surface area contributed by atoms with Gasteiger partial charge in [0.2, 0.25) is 5.72 Å². The molecule has 1 fully saturated rings. The van der Waals surface area contributed by atoms with E-state index in [1.54, 1.807) is 0 Å². The topological polar surface area (TPSA) is 28.1 Å². The normalized spacial score (nSPS) is 20.6. The van der Waals surface area contributed by atoms with Crippen molar-refractivity contribution in [3.63, 3.8) is 0 Å². The van der Waals surface area contributed by atoms with E-state index in [2.05, 4.69) is 117 Å². The lowest BCUT2D eigenvalue weighted by atomic mass is 9.90. The first kappa shape index (κ1) is 22.1. The molecule has 4 aromatic rings. The second-order valence-corrected chi connectivity index (χ2v) is 11.1. The van der Waals surface area contributed by atoms with Crippen LogP contribution < -0.4 is 4.74 Å². The summed E-state index contributed by atoms with van der Waals surface area (Å²) in [5, 5.41) is 10.1. The van der Waals surface area contributed by atoms with Crippen LogP contribution in [0.2, 0.25) is 0 Å². The number of likely N-dealkylation sites (tertiary alicyclic amines) is 1. The summed E-state index contributed by atoms with van der Waals surface area (Å²) < 4.78 is 7.93. The van der Waals surface area contributed by atoms with Gasteiger partial charge < -0.3 is 4.74 Å². The Labute approximate surface area is 220 Å². The van der Waals surface area contributed by atoms with E-state index < -0.39 is 5.72 Å². The van der Waals surface area contributed by atoms with Crippen LogP contribution in [0.4, 0.5) is 0 Å². The Balaban J connectivity index is 1.22. The zero-order valence-corrected chi connectivity index (χ0v) is 21.7. The molecule has 36 heavy (non-hydrogen) atoms. The number of nitrogens with zero attached hydrogens (tertiary/aromatic N) is 3. The second kappa shape index (κ2) is 8.75. The van der Waals surface area contributed by atoms with Crippen LogP contribution >= 0.6 is 15.9 Å². The smallest absolute Gasteiger partial charge is 0.200 e. The van der Waals surface area contributed by atoms with Gasteiger partial charge in [-0.25, -0.2) is 5.01 Å². The van der Waals surface area contributed by atoms with Crippen molar-refractivity contribution in [1.82, 2.24) is 9.91 Å². The quantitative estimate of drug-likeness (QED) is 0.278. The number of rotatable bonds is 3. The fourth-order valence-corrected chi connectivity index (χ4v) is 6.41. The molecular weight excluding hydrogens is 510 g/mol. The van der Waals surface area contributed by atoms with Crippen LogP contribution in [-0.4, -0.2) is 34.4 Å². The third kappa shape index (κ3) is 3.82. The molecule has 1 atom stereocenters. The minimum atomic E-state index is -0.405. The highest BCUT2D eigenvalue weighted by Gasteiger charge is 2.51. The predicted molar refractivity (Wildman–Crippen MR) is 148 cm³/mol. The SMILES string of the molecule is Brc1ccc2c(c1)[C@@H]1CC(c3ccc4ccccc4c3)=NN1C1(CCN(Cc3ccccc3)CC1)O2. The lowest BCUT2D eigenvalue weighted by Gasteiger charge is -2.51. The number of piperidine rings is 1. The standard InChI is InChI=1S/C31H28BrN3O/c32-26-12-13-30-27(19-26)29-20-28(25-11-10-23-8-4-5-9-24(23)18-25)33-35(29)31(36-30)14-16-34(17-15-31)21-22-6-2-1-3-7-22/h1-13,18-19,29H,14-17,20-21H2/t29-/m0/s1. The van der Waals surface area contributed by atoms with Gasteiger partial charge in [0, 0.05) is 48.9 Å². The monoisotopic (exact) mass is 537 g/mol. The van der Waals surface area contributed by atoms with Crippen molar-refractivity contribution in [2.24, 2.45) is 5.10 Å². The number of halogens is 1. The van der Waals surface area contributed by atoms with Crippen molar-refractivity contribution < 1.29 is 4.74 Å². The Hall–Kier alpha value is -3.15. The first-order chi connectivity index (χ1) is 17.7. The van der Waals surface area contributed by atoms with E-state index in [4.69, 9.17) is 9.84 Å². The Morgan fingerprint density at radius 3 is 2.47 bits per heavy atom. The maximum atomic E-state index is 6.85. The first-order valence-corrected chi connectivity index (χ1v) is 13.6. The average Bonchev–Trinajstić information content (AvgIpc) is 3.38. The van der Waals surface area contributed by atoms with Gasteiger partial charge in [-0.2, -0.15) is 5.10 Å². The number of hydrogen-bond donors (Lipinski definition) is 0. The van der Waals surface area contributed by atoms with Crippen molar-refractivity contribution in [2.45, 2.75) is 37.6 Å². The van der Waals surface area contributed by atoms with Crippen LogP contribution in [0.5, 0.6) is 5.75 Å². The molecule has 1 spiro atoms. The molecule has 0 aromatic heterocycles. The summed E-state index contributed by atoms with van der Waals surface area (Å²) in [7, 11) is 0. The van der Waals surface area contributed by atoms with Crippen LogP contribution in [0.25, 0.3) is 10.8 Å². The molecule has 0 amide bonds. The summed E-state index contributed by atoms with van der Waals surface area (Å²) >= 11 is 3.68. The highest BCUT2D eigenvalue weighted by Crippen LogP contribution is 2.50. The number of hydrogen-bond acceptors (Lipinski definition) is 4. The zero-order valence-electron chi connectivity index (χ0n) is 20.1. The van der Waals surface area contributed by atoms with E-state index in [1.807, 2.05) is 0 Å². The molecule has 3 aliphatic rings. The lowest BCUT2D eigenvalue weighted by molar-refractivity contribution is -0.150. The van der Waals surface area contributed by atoms with E-state index in [-0.39, 0.29) is 6.04 Å². The van der Waals surface area contributed by atoms with Crippen molar-refractivity contribution in [2.75, 3.05) is 13.1 Å². The number of hydrazone groups is 1. The third-order valence-corrected chi connectivity index (χ3v) is 8.42. The highest BCUT2D eigenvalue weighted by molar-refractivity contribution is 9.10. The third-order valence-electron chi connectivity index (χ3n) is 7.93. The molecule has 3 heterocycles. The fourth-order valence-electron chi connectivity index (χ4n) is 6.03. The molecule has 0 N–H and O–H groups in total. The Morgan fingerprint density at radius 2 is 1.64 bits per heavy atom. The largest absolute Gasteiger partial charge is 0.466 e. The van der Waals surface area contributed by atoms with Gasteiger partial charge in [0.15, 0.2) is 0 Å². The van der Waals surface area contributed by atoms with Crippen molar-refractivity contribution in [3.05, 3.63) is 112 Å². The average molecular weight is 538 g/mol. The van der Waals surface area contributed by atoms with Crippen LogP contribution in [0, 0.1) is 0 Å². The van der Waals surface area contributed by atoms with E-state index in [0.29, 0.717) is 0 Å². The summed E-state index contributed by atoms with van der Waals surface area (Å²) in [4.78, 5) is 2.54. The van der Waals surface area contributed by atoms with Gasteiger partial charge in [0.1, 0.15) is 5.75 Å². The van der Waals surface area contributed by atoms with Crippen molar-refractivity contribution >= 4 is 32.4 Å². The fraction of sp³-hybridized carbons (Fsp3) is 0.258. The minimum Gasteiger partial charge on any atom is -0.466 e. The van der Waals surface area contributed by atoms with Crippen LogP contribution in [0.1, 0.15) is 42.0 Å². The van der Waals surface area contributed by atoms with Crippen LogP contribution in [0.15, 0.2) is 101 Å². The molecule has 0 unspecified atom stereocenters. The van der Waals surface area contributed by atoms with Crippen molar-refractivity contribution in [3.8, 4) is 5.75 Å². The molecule has 0 aliphatic carbocycles. The van der Waals surface area contributed by atoms with Crippen molar-refractivity contribution in [1.29, 1.82) is 0 Å². The Kier molecular flexibility index (Phi) is 5.37. The molecule has 0 saturated carbocycles. The minimum absolute atomic E-state index is 0.188. The summed E-state index contributed by atoms with van der Waals surface area (Å²) in [6.07, 6.45) is 2.75. The molecule has 4 nitrogen and oxygen atoms in total. The van der Waals surface area contributed by atoms with E-state index in [1.165, 1.54) is 27.5 Å².